The second-order valence-electron chi connectivity index (χ2n) is 3.46. The number of benzene rings is 1. The molecule has 1 aromatic heterocycles. The van der Waals surface area contributed by atoms with Crippen molar-refractivity contribution in [1.82, 2.24) is 10.3 Å². The summed E-state index contributed by atoms with van der Waals surface area (Å²) in [5, 5.41) is 4.24. The van der Waals surface area contributed by atoms with E-state index in [4.69, 9.17) is 16.3 Å². The van der Waals surface area contributed by atoms with Gasteiger partial charge < -0.3 is 10.1 Å². The summed E-state index contributed by atoms with van der Waals surface area (Å²) in [5.74, 6) is 0. The summed E-state index contributed by atoms with van der Waals surface area (Å²) in [7, 11) is 0. The summed E-state index contributed by atoms with van der Waals surface area (Å²) < 4.78 is 5.85. The van der Waals surface area contributed by atoms with Crippen LogP contribution in [0.3, 0.4) is 0 Å². The fourth-order valence-electron chi connectivity index (χ4n) is 1.58. The highest BCUT2D eigenvalue weighted by Crippen LogP contribution is 2.30. The minimum atomic E-state index is -0.387. The summed E-state index contributed by atoms with van der Waals surface area (Å²) in [6.45, 7) is 0.340. The van der Waals surface area contributed by atoms with Gasteiger partial charge in [-0.1, -0.05) is 11.6 Å². The Morgan fingerprint density at radius 3 is 3.19 bits per heavy atom. The van der Waals surface area contributed by atoms with Crippen molar-refractivity contribution in [2.75, 3.05) is 6.61 Å². The minimum absolute atomic E-state index is 0.135. The number of aromatic nitrogens is 1. The predicted molar refractivity (Wildman–Crippen MR) is 61.9 cm³/mol. The highest BCUT2D eigenvalue weighted by Gasteiger charge is 2.26. The first-order valence-electron chi connectivity index (χ1n) is 4.71. The first-order chi connectivity index (χ1) is 7.72. The van der Waals surface area contributed by atoms with Crippen molar-refractivity contribution in [2.24, 2.45) is 0 Å². The number of nitrogens with one attached hydrogen (secondary N) is 1. The predicted octanol–water partition coefficient (Wildman–Crippen LogP) is 2.73. The molecule has 0 radical (unpaired) electrons. The molecule has 1 aliphatic rings. The van der Waals surface area contributed by atoms with Crippen LogP contribution in [0.2, 0.25) is 5.02 Å². The van der Waals surface area contributed by atoms with Crippen molar-refractivity contribution in [2.45, 2.75) is 6.04 Å². The molecule has 0 saturated carbocycles. The molecule has 2 heterocycles. The van der Waals surface area contributed by atoms with Gasteiger partial charge in [0.1, 0.15) is 17.7 Å². The van der Waals surface area contributed by atoms with Crippen LogP contribution in [-0.4, -0.2) is 17.7 Å². The number of amides is 1. The molecular weight excluding hydrogens is 248 g/mol. The Labute approximate surface area is 100 Å². The normalized spacial score (nSPS) is 19.8. The highest BCUT2D eigenvalue weighted by molar-refractivity contribution is 7.18. The number of hydrogen-bond acceptors (Lipinski definition) is 4. The molecule has 6 heteroatoms. The fourth-order valence-corrected chi connectivity index (χ4v) is 2.86. The number of cyclic esters (lactones) is 1. The SMILES string of the molecule is O=C1NC(c2nc3ccc(Cl)cc3s2)CO1. The molecule has 0 spiro atoms. The van der Waals surface area contributed by atoms with Gasteiger partial charge >= 0.3 is 6.09 Å². The number of carbonyl (C=O) groups is 1. The standard InChI is InChI=1S/C10H7ClN2O2S/c11-5-1-2-6-8(3-5)16-9(12-6)7-4-15-10(14)13-7/h1-3,7H,4H2,(H,13,14). The Kier molecular flexibility index (Phi) is 2.22. The zero-order valence-electron chi connectivity index (χ0n) is 8.07. The van der Waals surface area contributed by atoms with Crippen LogP contribution in [0.15, 0.2) is 18.2 Å². The Morgan fingerprint density at radius 1 is 1.56 bits per heavy atom. The van der Waals surface area contributed by atoms with Crippen LogP contribution < -0.4 is 5.32 Å². The molecule has 0 aliphatic carbocycles. The molecule has 1 amide bonds. The van der Waals surface area contributed by atoms with Gasteiger partial charge in [0, 0.05) is 5.02 Å². The van der Waals surface area contributed by atoms with Crippen molar-refractivity contribution in [3.8, 4) is 0 Å². The molecular formula is C10H7ClN2O2S. The van der Waals surface area contributed by atoms with Crippen LogP contribution in [0.1, 0.15) is 11.0 Å². The van der Waals surface area contributed by atoms with E-state index in [0.29, 0.717) is 11.6 Å². The lowest BCUT2D eigenvalue weighted by Crippen LogP contribution is -2.17. The Morgan fingerprint density at radius 2 is 2.44 bits per heavy atom. The van der Waals surface area contributed by atoms with Crippen molar-refractivity contribution in [1.29, 1.82) is 0 Å². The van der Waals surface area contributed by atoms with E-state index in [1.54, 1.807) is 6.07 Å². The fraction of sp³-hybridized carbons (Fsp3) is 0.200. The van der Waals surface area contributed by atoms with Gasteiger partial charge in [0.25, 0.3) is 0 Å². The average Bonchev–Trinajstić information content (AvgIpc) is 2.83. The van der Waals surface area contributed by atoms with E-state index in [0.717, 1.165) is 15.2 Å². The van der Waals surface area contributed by atoms with Crippen molar-refractivity contribution in [3.63, 3.8) is 0 Å². The second-order valence-corrected chi connectivity index (χ2v) is 4.96. The van der Waals surface area contributed by atoms with Crippen LogP contribution >= 0.6 is 22.9 Å². The smallest absolute Gasteiger partial charge is 0.407 e. The number of ether oxygens (including phenoxy) is 1. The molecule has 1 atom stereocenters. The molecule has 82 valence electrons. The zero-order chi connectivity index (χ0) is 11.1. The van der Waals surface area contributed by atoms with Crippen molar-refractivity contribution >= 4 is 39.2 Å². The summed E-state index contributed by atoms with van der Waals surface area (Å²) in [5.41, 5.74) is 0.894. The number of carbonyl (C=O) groups excluding carboxylic acids is 1. The lowest BCUT2D eigenvalue weighted by molar-refractivity contribution is 0.177. The van der Waals surface area contributed by atoms with E-state index in [-0.39, 0.29) is 12.1 Å². The number of halogens is 1. The number of rotatable bonds is 1. The molecule has 0 bridgehead atoms. The van der Waals surface area contributed by atoms with Crippen LogP contribution in [-0.2, 0) is 4.74 Å². The number of nitrogens with zero attached hydrogens (tertiary/aromatic N) is 1. The van der Waals surface area contributed by atoms with Gasteiger partial charge in [-0.2, -0.15) is 0 Å². The zero-order valence-corrected chi connectivity index (χ0v) is 9.64. The Balaban J connectivity index is 2.02. The third kappa shape index (κ3) is 1.62. The number of thiazole rings is 1. The average molecular weight is 255 g/mol. The quantitative estimate of drug-likeness (QED) is 0.851. The highest BCUT2D eigenvalue weighted by atomic mass is 35.5. The maximum atomic E-state index is 10.9. The third-order valence-corrected chi connectivity index (χ3v) is 3.71. The molecule has 16 heavy (non-hydrogen) atoms. The van der Waals surface area contributed by atoms with E-state index in [1.165, 1.54) is 11.3 Å². The molecule has 1 fully saturated rings. The van der Waals surface area contributed by atoms with Crippen LogP contribution in [0.5, 0.6) is 0 Å². The van der Waals surface area contributed by atoms with Gasteiger partial charge in [0.2, 0.25) is 0 Å². The van der Waals surface area contributed by atoms with E-state index in [9.17, 15) is 4.79 Å². The lowest BCUT2D eigenvalue weighted by Gasteiger charge is -1.99. The molecule has 1 unspecified atom stereocenters. The van der Waals surface area contributed by atoms with E-state index in [1.807, 2.05) is 12.1 Å². The van der Waals surface area contributed by atoms with Crippen LogP contribution in [0, 0.1) is 0 Å². The van der Waals surface area contributed by atoms with Gasteiger partial charge in [-0.05, 0) is 18.2 Å². The van der Waals surface area contributed by atoms with Gasteiger partial charge in [0.15, 0.2) is 0 Å². The Bertz CT molecular complexity index is 569. The Hall–Kier alpha value is -1.33. The third-order valence-electron chi connectivity index (χ3n) is 2.34. The molecule has 4 nitrogen and oxygen atoms in total. The summed E-state index contributed by atoms with van der Waals surface area (Å²) in [6.07, 6.45) is -0.387. The van der Waals surface area contributed by atoms with Gasteiger partial charge in [-0.3, -0.25) is 0 Å². The van der Waals surface area contributed by atoms with Crippen molar-refractivity contribution < 1.29 is 9.53 Å². The summed E-state index contributed by atoms with van der Waals surface area (Å²) >= 11 is 7.42. The maximum Gasteiger partial charge on any atom is 0.407 e. The summed E-state index contributed by atoms with van der Waals surface area (Å²) in [4.78, 5) is 15.4. The van der Waals surface area contributed by atoms with Crippen molar-refractivity contribution in [3.05, 3.63) is 28.2 Å². The van der Waals surface area contributed by atoms with E-state index < -0.39 is 0 Å². The molecule has 3 rings (SSSR count). The second kappa shape index (κ2) is 3.61. The molecule has 1 aliphatic heterocycles. The molecule has 1 aromatic carbocycles. The lowest BCUT2D eigenvalue weighted by atomic mass is 10.3. The molecule has 1 saturated heterocycles. The van der Waals surface area contributed by atoms with Gasteiger partial charge in [-0.15, -0.1) is 11.3 Å². The number of hydrogen-bond donors (Lipinski definition) is 1. The minimum Gasteiger partial charge on any atom is -0.447 e. The van der Waals surface area contributed by atoms with Gasteiger partial charge in [-0.25, -0.2) is 9.78 Å². The van der Waals surface area contributed by atoms with Crippen LogP contribution in [0.25, 0.3) is 10.2 Å². The van der Waals surface area contributed by atoms with Gasteiger partial charge in [0.05, 0.1) is 10.2 Å². The topological polar surface area (TPSA) is 51.2 Å². The first-order valence-corrected chi connectivity index (χ1v) is 5.91. The van der Waals surface area contributed by atoms with E-state index in [2.05, 4.69) is 10.3 Å². The first kappa shape index (κ1) is 9.86. The van der Waals surface area contributed by atoms with E-state index >= 15 is 0 Å². The largest absolute Gasteiger partial charge is 0.447 e. The number of alkyl carbamates (subject to hydrolysis) is 1. The monoisotopic (exact) mass is 254 g/mol. The molecule has 1 N–H and O–H groups in total. The summed E-state index contributed by atoms with van der Waals surface area (Å²) in [6, 6.07) is 5.41. The van der Waals surface area contributed by atoms with Crippen LogP contribution in [0.4, 0.5) is 4.79 Å². The number of fused-ring (bicyclic) bond motifs is 1. The maximum absolute atomic E-state index is 10.9. The molecule has 2 aromatic rings.